The van der Waals surface area contributed by atoms with Crippen LogP contribution in [0.4, 0.5) is 5.13 Å². The van der Waals surface area contributed by atoms with E-state index in [1.54, 1.807) is 0 Å². The van der Waals surface area contributed by atoms with Gasteiger partial charge in [0.1, 0.15) is 0 Å². The molecule has 0 radical (unpaired) electrons. The highest BCUT2D eigenvalue weighted by Gasteiger charge is 2.02. The zero-order valence-electron chi connectivity index (χ0n) is 6.91. The summed E-state index contributed by atoms with van der Waals surface area (Å²) in [5.41, 5.74) is 0. The molecule has 1 heterocycles. The maximum absolute atomic E-state index is 10.7. The van der Waals surface area contributed by atoms with Crippen LogP contribution in [0.5, 0.6) is 0 Å². The van der Waals surface area contributed by atoms with Crippen molar-refractivity contribution in [2.75, 3.05) is 19.0 Å². The van der Waals surface area contributed by atoms with Gasteiger partial charge in [-0.3, -0.25) is 4.79 Å². The van der Waals surface area contributed by atoms with Crippen LogP contribution in [0.2, 0.25) is 0 Å². The van der Waals surface area contributed by atoms with Crippen molar-refractivity contribution in [2.45, 2.75) is 6.42 Å². The first kappa shape index (κ1) is 10.4. The number of carbonyl (C=O) groups is 1. The van der Waals surface area contributed by atoms with Crippen molar-refractivity contribution in [3.8, 4) is 0 Å². The number of methoxy groups -OCH3 is 1. The van der Waals surface area contributed by atoms with Crippen LogP contribution in [-0.4, -0.2) is 29.8 Å². The SMILES string of the molecule is COC(=O)CCNc1nnc(Br)s1. The summed E-state index contributed by atoms with van der Waals surface area (Å²) in [6.45, 7) is 0.508. The largest absolute Gasteiger partial charge is 0.469 e. The van der Waals surface area contributed by atoms with Gasteiger partial charge in [0.05, 0.1) is 13.5 Å². The van der Waals surface area contributed by atoms with E-state index in [0.29, 0.717) is 22.0 Å². The van der Waals surface area contributed by atoms with E-state index in [-0.39, 0.29) is 5.97 Å². The molecule has 0 amide bonds. The lowest BCUT2D eigenvalue weighted by Gasteiger charge is -1.99. The second-order valence-electron chi connectivity index (χ2n) is 2.11. The van der Waals surface area contributed by atoms with Crippen LogP contribution in [0, 0.1) is 0 Å². The predicted octanol–water partition coefficient (Wildman–Crippen LogP) is 1.28. The van der Waals surface area contributed by atoms with E-state index in [1.165, 1.54) is 18.4 Å². The van der Waals surface area contributed by atoms with Crippen molar-refractivity contribution < 1.29 is 9.53 Å². The third-order valence-corrected chi connectivity index (χ3v) is 2.55. The molecule has 0 saturated heterocycles. The average molecular weight is 266 g/mol. The minimum absolute atomic E-state index is 0.240. The maximum Gasteiger partial charge on any atom is 0.307 e. The van der Waals surface area contributed by atoms with Gasteiger partial charge in [-0.1, -0.05) is 11.3 Å². The lowest BCUT2D eigenvalue weighted by atomic mass is 10.4. The fourth-order valence-electron chi connectivity index (χ4n) is 0.650. The summed E-state index contributed by atoms with van der Waals surface area (Å²) in [4.78, 5) is 10.7. The van der Waals surface area contributed by atoms with Gasteiger partial charge in [-0.15, -0.1) is 10.2 Å². The molecule has 5 nitrogen and oxygen atoms in total. The molecule has 1 aromatic rings. The highest BCUT2D eigenvalue weighted by Crippen LogP contribution is 2.19. The van der Waals surface area contributed by atoms with Crippen molar-refractivity contribution in [1.82, 2.24) is 10.2 Å². The van der Waals surface area contributed by atoms with E-state index in [1.807, 2.05) is 0 Å². The van der Waals surface area contributed by atoms with Crippen molar-refractivity contribution in [1.29, 1.82) is 0 Å². The molecule has 0 atom stereocenters. The second-order valence-corrected chi connectivity index (χ2v) is 4.37. The molecule has 0 spiro atoms. The number of anilines is 1. The molecule has 0 bridgehead atoms. The minimum Gasteiger partial charge on any atom is -0.469 e. The Morgan fingerprint density at radius 2 is 2.46 bits per heavy atom. The molecule has 0 saturated carbocycles. The standard InChI is InChI=1S/C6H8BrN3O2S/c1-12-4(11)2-3-8-6-10-9-5(7)13-6/h2-3H2,1H3,(H,8,10). The first-order chi connectivity index (χ1) is 6.22. The van der Waals surface area contributed by atoms with Crippen LogP contribution in [0.3, 0.4) is 0 Å². The van der Waals surface area contributed by atoms with Crippen molar-refractivity contribution in [2.24, 2.45) is 0 Å². The second kappa shape index (κ2) is 5.13. The summed E-state index contributed by atoms with van der Waals surface area (Å²) in [6, 6.07) is 0. The van der Waals surface area contributed by atoms with Gasteiger partial charge < -0.3 is 10.1 Å². The van der Waals surface area contributed by atoms with Gasteiger partial charge >= 0.3 is 5.97 Å². The van der Waals surface area contributed by atoms with Gasteiger partial charge in [-0.05, 0) is 15.9 Å². The van der Waals surface area contributed by atoms with Gasteiger partial charge in [-0.2, -0.15) is 0 Å². The Morgan fingerprint density at radius 3 is 3.00 bits per heavy atom. The van der Waals surface area contributed by atoms with E-state index in [0.717, 1.165) is 0 Å². The Morgan fingerprint density at radius 1 is 1.69 bits per heavy atom. The van der Waals surface area contributed by atoms with Gasteiger partial charge in [0, 0.05) is 6.54 Å². The smallest absolute Gasteiger partial charge is 0.307 e. The van der Waals surface area contributed by atoms with Crippen molar-refractivity contribution in [3.63, 3.8) is 0 Å². The summed E-state index contributed by atoms with van der Waals surface area (Å²) in [5, 5.41) is 11.2. The van der Waals surface area contributed by atoms with Crippen molar-refractivity contribution in [3.05, 3.63) is 3.92 Å². The van der Waals surface area contributed by atoms with Crippen LogP contribution in [0.25, 0.3) is 0 Å². The molecule has 0 aliphatic heterocycles. The fraction of sp³-hybridized carbons (Fsp3) is 0.500. The van der Waals surface area contributed by atoms with E-state index < -0.39 is 0 Å². The Hall–Kier alpha value is -0.690. The average Bonchev–Trinajstić information content (AvgIpc) is 2.51. The molecule has 0 aliphatic carbocycles. The quantitative estimate of drug-likeness (QED) is 0.831. The van der Waals surface area contributed by atoms with Crippen LogP contribution in [0.1, 0.15) is 6.42 Å². The number of aromatic nitrogens is 2. The molecule has 0 aliphatic rings. The number of carbonyl (C=O) groups excluding carboxylic acids is 1. The van der Waals surface area contributed by atoms with Crippen molar-refractivity contribution >= 4 is 38.4 Å². The summed E-state index contributed by atoms with van der Waals surface area (Å²) in [5.74, 6) is -0.240. The summed E-state index contributed by atoms with van der Waals surface area (Å²) < 4.78 is 5.19. The number of ether oxygens (including phenoxy) is 1. The van der Waals surface area contributed by atoms with Crippen LogP contribution < -0.4 is 5.32 Å². The van der Waals surface area contributed by atoms with E-state index in [4.69, 9.17) is 0 Å². The zero-order valence-corrected chi connectivity index (χ0v) is 9.31. The molecular formula is C6H8BrN3O2S. The Labute approximate surface area is 87.6 Å². The number of hydrogen-bond donors (Lipinski definition) is 1. The van der Waals surface area contributed by atoms with E-state index in [9.17, 15) is 4.79 Å². The highest BCUT2D eigenvalue weighted by atomic mass is 79.9. The molecule has 0 fully saturated rings. The third kappa shape index (κ3) is 3.69. The Balaban J connectivity index is 2.24. The summed E-state index contributed by atoms with van der Waals surface area (Å²) in [7, 11) is 1.36. The number of nitrogens with zero attached hydrogens (tertiary/aromatic N) is 2. The maximum atomic E-state index is 10.7. The Bertz CT molecular complexity index is 291. The number of nitrogens with one attached hydrogen (secondary N) is 1. The molecule has 13 heavy (non-hydrogen) atoms. The molecule has 1 aromatic heterocycles. The molecule has 72 valence electrons. The summed E-state index contributed by atoms with van der Waals surface area (Å²) in [6.07, 6.45) is 0.327. The lowest BCUT2D eigenvalue weighted by molar-refractivity contribution is -0.140. The molecular weight excluding hydrogens is 258 g/mol. The third-order valence-electron chi connectivity index (χ3n) is 1.23. The minimum atomic E-state index is -0.240. The van der Waals surface area contributed by atoms with E-state index >= 15 is 0 Å². The van der Waals surface area contributed by atoms with Gasteiger partial charge in [0.2, 0.25) is 5.13 Å². The normalized spacial score (nSPS) is 9.69. The lowest BCUT2D eigenvalue weighted by Crippen LogP contribution is -2.09. The first-order valence-corrected chi connectivity index (χ1v) is 5.13. The fourth-order valence-corrected chi connectivity index (χ4v) is 1.69. The first-order valence-electron chi connectivity index (χ1n) is 3.52. The summed E-state index contributed by atoms with van der Waals surface area (Å²) >= 11 is 4.56. The number of rotatable bonds is 4. The van der Waals surface area contributed by atoms with Gasteiger partial charge in [-0.25, -0.2) is 0 Å². The number of esters is 1. The molecule has 7 heteroatoms. The predicted molar refractivity (Wildman–Crippen MR) is 52.7 cm³/mol. The van der Waals surface area contributed by atoms with Crippen LogP contribution >= 0.6 is 27.3 Å². The van der Waals surface area contributed by atoms with Crippen LogP contribution in [-0.2, 0) is 9.53 Å². The topological polar surface area (TPSA) is 64.1 Å². The molecule has 0 unspecified atom stereocenters. The number of halogens is 1. The zero-order chi connectivity index (χ0) is 9.68. The van der Waals surface area contributed by atoms with E-state index in [2.05, 4.69) is 36.2 Å². The highest BCUT2D eigenvalue weighted by molar-refractivity contribution is 9.11. The van der Waals surface area contributed by atoms with Gasteiger partial charge in [0.15, 0.2) is 3.92 Å². The molecule has 1 rings (SSSR count). The number of hydrogen-bond acceptors (Lipinski definition) is 6. The van der Waals surface area contributed by atoms with Gasteiger partial charge in [0.25, 0.3) is 0 Å². The molecule has 0 aromatic carbocycles. The van der Waals surface area contributed by atoms with Crippen LogP contribution in [0.15, 0.2) is 3.92 Å². The monoisotopic (exact) mass is 265 g/mol. The molecule has 1 N–H and O–H groups in total. The Kier molecular flexibility index (Phi) is 4.10.